The summed E-state index contributed by atoms with van der Waals surface area (Å²) in [5.41, 5.74) is 0. The van der Waals surface area contributed by atoms with Crippen molar-refractivity contribution in [1.82, 2.24) is 4.90 Å². The van der Waals surface area contributed by atoms with Gasteiger partial charge in [0.05, 0.1) is 25.3 Å². The summed E-state index contributed by atoms with van der Waals surface area (Å²) in [6, 6.07) is 16.8. The van der Waals surface area contributed by atoms with Crippen molar-refractivity contribution >= 4 is 22.2 Å². The van der Waals surface area contributed by atoms with Crippen LogP contribution < -0.4 is 9.05 Å². The third-order valence-electron chi connectivity index (χ3n) is 6.26. The van der Waals surface area contributed by atoms with Crippen LogP contribution in [-0.2, 0) is 13.5 Å². The van der Waals surface area contributed by atoms with Gasteiger partial charge in [-0.05, 0) is 48.8 Å². The standard InChI is InChI=1S/C24H34NO7PSi/c1-24(2,3)34(4,5)29-18-19-16-22(17-25(19)23(26)27)32-33(28,30-20-12-8-6-9-13-20)31-21-14-10-7-11-15-21/h6-15,19,22H,16-18H2,1-5H3,(H,26,27). The fourth-order valence-electron chi connectivity index (χ4n) is 3.33. The molecule has 34 heavy (non-hydrogen) atoms. The van der Waals surface area contributed by atoms with Crippen molar-refractivity contribution in [2.75, 3.05) is 13.2 Å². The quantitative estimate of drug-likeness (QED) is 0.309. The number of para-hydroxylation sites is 2. The first-order valence-electron chi connectivity index (χ1n) is 11.3. The number of benzene rings is 2. The number of phosphoric acid groups is 1. The Balaban J connectivity index is 1.76. The Kier molecular flexibility index (Phi) is 8.13. The molecule has 1 N–H and O–H groups in total. The van der Waals surface area contributed by atoms with Gasteiger partial charge in [0, 0.05) is 0 Å². The lowest BCUT2D eigenvalue weighted by molar-refractivity contribution is 0.115. The van der Waals surface area contributed by atoms with E-state index >= 15 is 0 Å². The predicted octanol–water partition coefficient (Wildman–Crippen LogP) is 6.41. The van der Waals surface area contributed by atoms with Crippen LogP contribution in [0.15, 0.2) is 60.7 Å². The fourth-order valence-corrected chi connectivity index (χ4v) is 5.77. The molecule has 2 atom stereocenters. The van der Waals surface area contributed by atoms with Crippen LogP contribution in [0.5, 0.6) is 11.5 Å². The summed E-state index contributed by atoms with van der Waals surface area (Å²) in [6.45, 7) is 10.9. The number of amides is 1. The van der Waals surface area contributed by atoms with Gasteiger partial charge >= 0.3 is 13.9 Å². The van der Waals surface area contributed by atoms with E-state index in [2.05, 4.69) is 33.9 Å². The zero-order valence-electron chi connectivity index (χ0n) is 20.3. The lowest BCUT2D eigenvalue weighted by atomic mass is 10.2. The Hall–Kier alpha value is -2.32. The highest BCUT2D eigenvalue weighted by molar-refractivity contribution is 7.49. The minimum absolute atomic E-state index is 0.00168. The van der Waals surface area contributed by atoms with Gasteiger partial charge in [0.1, 0.15) is 11.5 Å². The molecule has 10 heteroatoms. The maximum absolute atomic E-state index is 13.7. The highest BCUT2D eigenvalue weighted by Crippen LogP contribution is 2.51. The third kappa shape index (κ3) is 6.85. The van der Waals surface area contributed by atoms with Crippen LogP contribution in [0.25, 0.3) is 0 Å². The van der Waals surface area contributed by atoms with Crippen LogP contribution >= 0.6 is 7.82 Å². The molecule has 0 saturated carbocycles. The zero-order valence-corrected chi connectivity index (χ0v) is 22.2. The van der Waals surface area contributed by atoms with Gasteiger partial charge in [0.2, 0.25) is 0 Å². The number of carboxylic acid groups (broad SMARTS) is 1. The summed E-state index contributed by atoms with van der Waals surface area (Å²) in [4.78, 5) is 13.2. The first kappa shape index (κ1) is 26.3. The van der Waals surface area contributed by atoms with Gasteiger partial charge in [-0.2, -0.15) is 0 Å². The van der Waals surface area contributed by atoms with E-state index in [1.165, 1.54) is 4.90 Å². The molecule has 0 radical (unpaired) electrons. The Morgan fingerprint density at radius 3 is 1.97 bits per heavy atom. The second kappa shape index (κ2) is 10.5. The molecule has 1 heterocycles. The Bertz CT molecular complexity index is 952. The Labute approximate surface area is 202 Å². The number of phosphoric ester groups is 1. The van der Waals surface area contributed by atoms with Crippen molar-refractivity contribution in [3.8, 4) is 11.5 Å². The van der Waals surface area contributed by atoms with Crippen LogP contribution in [0.3, 0.4) is 0 Å². The molecule has 1 saturated heterocycles. The Morgan fingerprint density at radius 2 is 1.53 bits per heavy atom. The van der Waals surface area contributed by atoms with Crippen molar-refractivity contribution in [2.24, 2.45) is 0 Å². The van der Waals surface area contributed by atoms with E-state index in [-0.39, 0.29) is 18.2 Å². The molecule has 2 aromatic rings. The molecular formula is C24H34NO7PSi. The summed E-state index contributed by atoms with van der Waals surface area (Å²) >= 11 is 0. The molecule has 0 bridgehead atoms. The fraction of sp³-hybridized carbons (Fsp3) is 0.458. The van der Waals surface area contributed by atoms with Gasteiger partial charge in [-0.25, -0.2) is 9.36 Å². The minimum Gasteiger partial charge on any atom is -0.465 e. The zero-order chi connectivity index (χ0) is 25.0. The second-order valence-corrected chi connectivity index (χ2v) is 16.2. The number of carbonyl (C=O) groups is 1. The Morgan fingerprint density at radius 1 is 1.03 bits per heavy atom. The molecule has 1 amide bonds. The maximum atomic E-state index is 13.7. The molecule has 186 valence electrons. The lowest BCUT2D eigenvalue weighted by Gasteiger charge is -2.37. The topological polar surface area (TPSA) is 94.5 Å². The summed E-state index contributed by atoms with van der Waals surface area (Å²) in [5, 5.41) is 9.75. The van der Waals surface area contributed by atoms with Crippen LogP contribution in [0.4, 0.5) is 4.79 Å². The van der Waals surface area contributed by atoms with Crippen LogP contribution in [0.2, 0.25) is 18.1 Å². The SMILES string of the molecule is CC(C)(C)[Si](C)(C)OCC1CC(OP(=O)(Oc2ccccc2)Oc2ccccc2)CN1C(=O)O. The molecule has 2 unspecified atom stereocenters. The molecule has 0 spiro atoms. The average molecular weight is 508 g/mol. The van der Waals surface area contributed by atoms with Crippen LogP contribution in [-0.4, -0.2) is 49.7 Å². The number of nitrogens with zero attached hydrogens (tertiary/aromatic N) is 1. The second-order valence-electron chi connectivity index (χ2n) is 9.88. The lowest BCUT2D eigenvalue weighted by Crippen LogP contribution is -2.45. The molecule has 1 aliphatic rings. The molecule has 3 rings (SSSR count). The monoisotopic (exact) mass is 507 g/mol. The molecule has 0 aromatic heterocycles. The number of rotatable bonds is 9. The average Bonchev–Trinajstić information content (AvgIpc) is 3.15. The smallest absolute Gasteiger partial charge is 0.465 e. The number of hydrogen-bond acceptors (Lipinski definition) is 6. The number of hydrogen-bond donors (Lipinski definition) is 1. The van der Waals surface area contributed by atoms with Crippen molar-refractivity contribution in [1.29, 1.82) is 0 Å². The first-order valence-corrected chi connectivity index (χ1v) is 15.7. The molecule has 8 nitrogen and oxygen atoms in total. The number of likely N-dealkylation sites (tertiary alicyclic amines) is 1. The van der Waals surface area contributed by atoms with Gasteiger partial charge in [0.15, 0.2) is 8.32 Å². The molecule has 0 aliphatic carbocycles. The predicted molar refractivity (Wildman–Crippen MR) is 133 cm³/mol. The van der Waals surface area contributed by atoms with Gasteiger partial charge in [-0.3, -0.25) is 4.52 Å². The molecule has 1 fully saturated rings. The summed E-state index contributed by atoms with van der Waals surface area (Å²) in [5.74, 6) is 0.653. The molecule has 2 aromatic carbocycles. The van der Waals surface area contributed by atoms with Crippen LogP contribution in [0.1, 0.15) is 27.2 Å². The normalized spacial score (nSPS) is 19.1. The van der Waals surface area contributed by atoms with E-state index < -0.39 is 34.4 Å². The van der Waals surface area contributed by atoms with Crippen molar-refractivity contribution in [3.05, 3.63) is 60.7 Å². The highest BCUT2D eigenvalue weighted by Gasteiger charge is 2.44. The van der Waals surface area contributed by atoms with E-state index in [1.54, 1.807) is 48.5 Å². The molecular weight excluding hydrogens is 473 g/mol. The highest BCUT2D eigenvalue weighted by atomic mass is 31.2. The van der Waals surface area contributed by atoms with E-state index in [9.17, 15) is 14.5 Å². The largest absolute Gasteiger partial charge is 0.587 e. The van der Waals surface area contributed by atoms with Crippen molar-refractivity contribution in [2.45, 2.75) is 57.5 Å². The maximum Gasteiger partial charge on any atom is 0.587 e. The van der Waals surface area contributed by atoms with Crippen LogP contribution in [0, 0.1) is 0 Å². The van der Waals surface area contributed by atoms with E-state index in [0.29, 0.717) is 17.9 Å². The van der Waals surface area contributed by atoms with E-state index in [4.69, 9.17) is 18.0 Å². The van der Waals surface area contributed by atoms with Crippen molar-refractivity contribution in [3.63, 3.8) is 0 Å². The van der Waals surface area contributed by atoms with E-state index in [1.807, 2.05) is 12.1 Å². The van der Waals surface area contributed by atoms with Gasteiger partial charge < -0.3 is 23.5 Å². The van der Waals surface area contributed by atoms with Gasteiger partial charge in [0.25, 0.3) is 0 Å². The van der Waals surface area contributed by atoms with Crippen molar-refractivity contribution < 1.29 is 32.5 Å². The minimum atomic E-state index is -4.13. The molecule has 1 aliphatic heterocycles. The summed E-state index contributed by atoms with van der Waals surface area (Å²) in [7, 11) is -6.20. The first-order chi connectivity index (χ1) is 15.9. The third-order valence-corrected chi connectivity index (χ3v) is 12.2. The van der Waals surface area contributed by atoms with Gasteiger partial charge in [-0.1, -0.05) is 57.2 Å². The van der Waals surface area contributed by atoms with Gasteiger partial charge in [-0.15, -0.1) is 0 Å². The summed E-state index contributed by atoms with van der Waals surface area (Å²) in [6.07, 6.45) is -1.43. The van der Waals surface area contributed by atoms with E-state index in [0.717, 1.165) is 0 Å². The summed E-state index contributed by atoms with van der Waals surface area (Å²) < 4.78 is 37.2.